The summed E-state index contributed by atoms with van der Waals surface area (Å²) >= 11 is 0. The lowest BCUT2D eigenvalue weighted by Crippen LogP contribution is -2.49. The van der Waals surface area contributed by atoms with E-state index in [0.717, 1.165) is 23.5 Å². The van der Waals surface area contributed by atoms with Crippen molar-refractivity contribution in [1.82, 2.24) is 9.88 Å². The van der Waals surface area contributed by atoms with Crippen molar-refractivity contribution >= 4 is 11.6 Å². The summed E-state index contributed by atoms with van der Waals surface area (Å²) in [5.74, 6) is -0.423. The van der Waals surface area contributed by atoms with E-state index >= 15 is 0 Å². The molecule has 1 aromatic carbocycles. The van der Waals surface area contributed by atoms with Gasteiger partial charge < -0.3 is 9.80 Å². The molecule has 2 aromatic rings. The Kier molecular flexibility index (Phi) is 5.27. The number of aromatic nitrogens is 1. The number of piperazine rings is 1. The van der Waals surface area contributed by atoms with Crippen LogP contribution in [0.1, 0.15) is 32.9 Å². The van der Waals surface area contributed by atoms with Crippen LogP contribution in [0.15, 0.2) is 30.3 Å². The molecule has 0 radical (unpaired) electrons. The Morgan fingerprint density at radius 1 is 1.14 bits per heavy atom. The second-order valence-electron chi connectivity index (χ2n) is 6.71. The predicted octanol–water partition coefficient (Wildman–Crippen LogP) is 3.55. The van der Waals surface area contributed by atoms with Crippen LogP contribution in [-0.2, 0) is 6.18 Å². The first-order valence-corrected chi connectivity index (χ1v) is 8.80. The van der Waals surface area contributed by atoms with Gasteiger partial charge in [-0.05, 0) is 38.1 Å². The lowest BCUT2D eigenvalue weighted by molar-refractivity contribution is -0.137. The van der Waals surface area contributed by atoms with Crippen molar-refractivity contribution in [2.24, 2.45) is 0 Å². The third-order valence-corrected chi connectivity index (χ3v) is 4.76. The van der Waals surface area contributed by atoms with Crippen LogP contribution in [0.25, 0.3) is 0 Å². The number of amides is 1. The monoisotopic (exact) mass is 388 g/mol. The van der Waals surface area contributed by atoms with Crippen LogP contribution in [-0.4, -0.2) is 42.0 Å². The average Bonchev–Trinajstić information content (AvgIpc) is 2.66. The van der Waals surface area contributed by atoms with Crippen LogP contribution in [0.2, 0.25) is 0 Å². The lowest BCUT2D eigenvalue weighted by Gasteiger charge is -2.36. The third-order valence-electron chi connectivity index (χ3n) is 4.76. The van der Waals surface area contributed by atoms with Crippen molar-refractivity contribution in [3.8, 4) is 6.07 Å². The number of rotatable bonds is 2. The van der Waals surface area contributed by atoms with Crippen molar-refractivity contribution in [2.45, 2.75) is 20.0 Å². The second kappa shape index (κ2) is 7.50. The Balaban J connectivity index is 1.75. The Morgan fingerprint density at radius 2 is 1.82 bits per heavy atom. The van der Waals surface area contributed by atoms with E-state index in [1.807, 2.05) is 17.9 Å². The molecule has 0 bridgehead atoms. The third kappa shape index (κ3) is 3.93. The average molecular weight is 388 g/mol. The molecule has 0 saturated carbocycles. The minimum Gasteiger partial charge on any atom is -0.367 e. The summed E-state index contributed by atoms with van der Waals surface area (Å²) in [5.41, 5.74) is 1.92. The summed E-state index contributed by atoms with van der Waals surface area (Å²) in [7, 11) is 0. The van der Waals surface area contributed by atoms with E-state index < -0.39 is 17.6 Å². The van der Waals surface area contributed by atoms with Crippen LogP contribution < -0.4 is 4.90 Å². The van der Waals surface area contributed by atoms with E-state index in [0.29, 0.717) is 37.4 Å². The van der Waals surface area contributed by atoms with Gasteiger partial charge in [-0.2, -0.15) is 18.4 Å². The van der Waals surface area contributed by atoms with Crippen molar-refractivity contribution in [3.63, 3.8) is 0 Å². The molecule has 0 spiro atoms. The summed E-state index contributed by atoms with van der Waals surface area (Å²) in [6.07, 6.45) is -4.49. The number of carbonyl (C=O) groups excluding carboxylic acids is 1. The number of nitrogens with zero attached hydrogens (tertiary/aromatic N) is 4. The first kappa shape index (κ1) is 19.7. The number of hydrogen-bond donors (Lipinski definition) is 0. The van der Waals surface area contributed by atoms with Gasteiger partial charge >= 0.3 is 6.18 Å². The zero-order valence-electron chi connectivity index (χ0n) is 15.5. The second-order valence-corrected chi connectivity index (χ2v) is 6.71. The molecule has 1 aliphatic heterocycles. The van der Waals surface area contributed by atoms with Crippen LogP contribution in [0.5, 0.6) is 0 Å². The van der Waals surface area contributed by atoms with Crippen molar-refractivity contribution in [3.05, 3.63) is 58.4 Å². The smallest absolute Gasteiger partial charge is 0.367 e. The fourth-order valence-electron chi connectivity index (χ4n) is 3.36. The molecule has 0 atom stereocenters. The molecule has 3 rings (SSSR count). The number of benzene rings is 1. The number of alkyl halides is 3. The molecule has 1 aliphatic rings. The molecular weight excluding hydrogens is 369 g/mol. The van der Waals surface area contributed by atoms with Crippen LogP contribution in [0.3, 0.4) is 0 Å². The minimum absolute atomic E-state index is 0.0246. The number of nitriles is 1. The van der Waals surface area contributed by atoms with E-state index in [9.17, 15) is 23.2 Å². The summed E-state index contributed by atoms with van der Waals surface area (Å²) in [6, 6.07) is 8.50. The molecular formula is C20H19F3N4O. The highest BCUT2D eigenvalue weighted by Crippen LogP contribution is 2.30. The molecule has 1 aromatic heterocycles. The van der Waals surface area contributed by atoms with Crippen LogP contribution in [0, 0.1) is 25.2 Å². The molecule has 146 valence electrons. The maximum absolute atomic E-state index is 12.9. The Hall–Kier alpha value is -3.08. The molecule has 2 heterocycles. The molecule has 0 aliphatic carbocycles. The number of carbonyl (C=O) groups is 1. The van der Waals surface area contributed by atoms with Gasteiger partial charge in [-0.15, -0.1) is 0 Å². The van der Waals surface area contributed by atoms with Gasteiger partial charge in [-0.3, -0.25) is 9.78 Å². The maximum atomic E-state index is 12.9. The van der Waals surface area contributed by atoms with E-state index in [1.165, 1.54) is 12.1 Å². The molecule has 1 saturated heterocycles. The highest BCUT2D eigenvalue weighted by atomic mass is 19.4. The number of halogens is 3. The lowest BCUT2D eigenvalue weighted by atomic mass is 10.1. The standard InChI is InChI=1S/C20H19F3N4O/c1-13-10-18(17(12-24)14(2)25-13)26-6-8-27(9-7-26)19(28)15-4-3-5-16(11-15)20(21,22)23/h3-5,10-11H,6-9H2,1-2H3. The zero-order valence-corrected chi connectivity index (χ0v) is 15.5. The van der Waals surface area contributed by atoms with Crippen molar-refractivity contribution in [1.29, 1.82) is 5.26 Å². The molecule has 8 heteroatoms. The van der Waals surface area contributed by atoms with Crippen LogP contribution >= 0.6 is 0 Å². The zero-order chi connectivity index (χ0) is 20.5. The van der Waals surface area contributed by atoms with E-state index in [4.69, 9.17) is 0 Å². The molecule has 0 N–H and O–H groups in total. The normalized spacial score (nSPS) is 14.7. The Labute approximate surface area is 161 Å². The predicted molar refractivity (Wildman–Crippen MR) is 98.0 cm³/mol. The number of aryl methyl sites for hydroxylation is 2. The molecule has 0 unspecified atom stereocenters. The van der Waals surface area contributed by atoms with Crippen molar-refractivity contribution in [2.75, 3.05) is 31.1 Å². The van der Waals surface area contributed by atoms with Gasteiger partial charge in [0.2, 0.25) is 0 Å². The van der Waals surface area contributed by atoms with E-state index in [-0.39, 0.29) is 5.56 Å². The number of hydrogen-bond acceptors (Lipinski definition) is 4. The van der Waals surface area contributed by atoms with Gasteiger partial charge in [0.15, 0.2) is 0 Å². The minimum atomic E-state index is -4.49. The van der Waals surface area contributed by atoms with Gasteiger partial charge in [0.25, 0.3) is 5.91 Å². The SMILES string of the molecule is Cc1cc(N2CCN(C(=O)c3cccc(C(F)(F)F)c3)CC2)c(C#N)c(C)n1. The number of anilines is 1. The van der Waals surface area contributed by atoms with Gasteiger partial charge in [0.05, 0.1) is 22.5 Å². The fraction of sp³-hybridized carbons (Fsp3) is 0.350. The van der Waals surface area contributed by atoms with E-state index in [1.54, 1.807) is 11.8 Å². The molecule has 1 fully saturated rings. The van der Waals surface area contributed by atoms with Crippen molar-refractivity contribution < 1.29 is 18.0 Å². The quantitative estimate of drug-likeness (QED) is 0.790. The first-order valence-electron chi connectivity index (χ1n) is 8.80. The largest absolute Gasteiger partial charge is 0.416 e. The van der Waals surface area contributed by atoms with Gasteiger partial charge in [0, 0.05) is 37.4 Å². The van der Waals surface area contributed by atoms with Gasteiger partial charge in [0.1, 0.15) is 6.07 Å². The highest BCUT2D eigenvalue weighted by Gasteiger charge is 2.32. The molecule has 1 amide bonds. The summed E-state index contributed by atoms with van der Waals surface area (Å²) < 4.78 is 38.7. The van der Waals surface area contributed by atoms with Crippen LogP contribution in [0.4, 0.5) is 18.9 Å². The Morgan fingerprint density at radius 3 is 2.43 bits per heavy atom. The van der Waals surface area contributed by atoms with Gasteiger partial charge in [-0.1, -0.05) is 6.07 Å². The molecule has 5 nitrogen and oxygen atoms in total. The first-order chi connectivity index (χ1) is 13.2. The summed E-state index contributed by atoms with van der Waals surface area (Å²) in [6.45, 7) is 5.33. The summed E-state index contributed by atoms with van der Waals surface area (Å²) in [5, 5.41) is 9.43. The topological polar surface area (TPSA) is 60.2 Å². The molecule has 28 heavy (non-hydrogen) atoms. The number of pyridine rings is 1. The maximum Gasteiger partial charge on any atom is 0.416 e. The van der Waals surface area contributed by atoms with E-state index in [2.05, 4.69) is 11.1 Å². The summed E-state index contributed by atoms with van der Waals surface area (Å²) in [4.78, 5) is 20.5. The van der Waals surface area contributed by atoms with Gasteiger partial charge in [-0.25, -0.2) is 0 Å². The highest BCUT2D eigenvalue weighted by molar-refractivity contribution is 5.94. The Bertz CT molecular complexity index is 941. The fourth-order valence-corrected chi connectivity index (χ4v) is 3.36.